The quantitative estimate of drug-likeness (QED) is 0.575. The highest BCUT2D eigenvalue weighted by Gasteiger charge is 2.03. The zero-order chi connectivity index (χ0) is 9.10. The molecule has 0 aliphatic carbocycles. The number of rotatable bonds is 3. The lowest BCUT2D eigenvalue weighted by atomic mass is 10.5. The van der Waals surface area contributed by atoms with Gasteiger partial charge in [0.25, 0.3) is 0 Å². The molecule has 0 fully saturated rings. The molecule has 2 aromatic rings. The first kappa shape index (κ1) is 8.90. The molecule has 2 heterocycles. The Balaban J connectivity index is 2.35. The van der Waals surface area contributed by atoms with Crippen LogP contribution < -0.4 is 0 Å². The molecule has 0 aliphatic heterocycles. The maximum Gasteiger partial charge on any atom is 0.196 e. The summed E-state index contributed by atoms with van der Waals surface area (Å²) in [5.41, 5.74) is 0.908. The molecule has 0 N–H and O–H groups in total. The Morgan fingerprint density at radius 3 is 3.15 bits per heavy atom. The van der Waals surface area contributed by atoms with E-state index in [1.54, 1.807) is 23.5 Å². The van der Waals surface area contributed by atoms with Gasteiger partial charge in [-0.05, 0) is 18.4 Å². The molecule has 0 amide bonds. The molecule has 0 aromatic carbocycles. The zero-order valence-electron chi connectivity index (χ0n) is 7.17. The zero-order valence-corrected chi connectivity index (χ0v) is 8.81. The van der Waals surface area contributed by atoms with Gasteiger partial charge in [0.15, 0.2) is 10.8 Å². The van der Waals surface area contributed by atoms with E-state index in [0.717, 1.165) is 15.9 Å². The van der Waals surface area contributed by atoms with Crippen molar-refractivity contribution in [2.24, 2.45) is 0 Å². The van der Waals surface area contributed by atoms with Gasteiger partial charge in [-0.25, -0.2) is 0 Å². The second kappa shape index (κ2) is 4.02. The van der Waals surface area contributed by atoms with Crippen molar-refractivity contribution < 1.29 is 0 Å². The first-order chi connectivity index (χ1) is 6.42. The van der Waals surface area contributed by atoms with Crippen LogP contribution in [0.4, 0.5) is 0 Å². The van der Waals surface area contributed by atoms with Crippen molar-refractivity contribution in [2.45, 2.75) is 5.16 Å². The largest absolute Gasteiger partial charge is 0.277 e. The minimum Gasteiger partial charge on any atom is -0.277 e. The molecular formula is C8H9N3S2. The summed E-state index contributed by atoms with van der Waals surface area (Å²) in [6.07, 6.45) is 4.06. The van der Waals surface area contributed by atoms with E-state index < -0.39 is 0 Å². The molecule has 3 nitrogen and oxygen atoms in total. The number of hydrogen-bond donors (Lipinski definition) is 0. The normalized spacial score (nSPS) is 10.8. The fraction of sp³-hybridized carbons (Fsp3) is 0.250. The summed E-state index contributed by atoms with van der Waals surface area (Å²) in [6, 6.07) is 5.91. The maximum absolute atomic E-state index is 4.10. The molecule has 0 saturated heterocycles. The Hall–Kier alpha value is -0.680. The first-order valence-corrected chi connectivity index (χ1v) is 6.21. The van der Waals surface area contributed by atoms with Gasteiger partial charge in [0.1, 0.15) is 0 Å². The molecular weight excluding hydrogens is 202 g/mol. The minimum absolute atomic E-state index is 0.908. The third-order valence-corrected chi connectivity index (χ3v) is 3.54. The summed E-state index contributed by atoms with van der Waals surface area (Å²) >= 11 is 3.50. The minimum atomic E-state index is 0.908. The van der Waals surface area contributed by atoms with Crippen molar-refractivity contribution in [3.05, 3.63) is 24.4 Å². The Labute approximate surface area is 84.9 Å². The molecule has 0 aliphatic rings. The monoisotopic (exact) mass is 211 g/mol. The van der Waals surface area contributed by atoms with Crippen LogP contribution in [-0.4, -0.2) is 25.9 Å². The summed E-state index contributed by atoms with van der Waals surface area (Å²) in [6.45, 7) is 0. The fourth-order valence-electron chi connectivity index (χ4n) is 1.03. The molecule has 0 bridgehead atoms. The van der Waals surface area contributed by atoms with Crippen LogP contribution in [0.3, 0.4) is 0 Å². The molecule has 2 rings (SSSR count). The Morgan fingerprint density at radius 1 is 1.38 bits per heavy atom. The van der Waals surface area contributed by atoms with E-state index in [2.05, 4.69) is 16.5 Å². The smallest absolute Gasteiger partial charge is 0.196 e. The second-order valence-electron chi connectivity index (χ2n) is 2.46. The highest BCUT2D eigenvalue weighted by Crippen LogP contribution is 2.19. The molecule has 2 aromatic heterocycles. The summed E-state index contributed by atoms with van der Waals surface area (Å²) in [4.78, 5) is 0. The van der Waals surface area contributed by atoms with E-state index >= 15 is 0 Å². The van der Waals surface area contributed by atoms with Gasteiger partial charge in [-0.15, -0.1) is 10.2 Å². The number of aromatic nitrogens is 3. The van der Waals surface area contributed by atoms with Crippen molar-refractivity contribution in [3.8, 4) is 0 Å². The third-order valence-electron chi connectivity index (χ3n) is 1.59. The molecule has 68 valence electrons. The van der Waals surface area contributed by atoms with Crippen LogP contribution in [0.5, 0.6) is 0 Å². The van der Waals surface area contributed by atoms with Crippen molar-refractivity contribution in [1.29, 1.82) is 0 Å². The van der Waals surface area contributed by atoms with E-state index in [0.29, 0.717) is 0 Å². The van der Waals surface area contributed by atoms with Gasteiger partial charge >= 0.3 is 0 Å². The lowest BCUT2D eigenvalue weighted by molar-refractivity contribution is 0.924. The number of fused-ring (bicyclic) bond motifs is 1. The van der Waals surface area contributed by atoms with Crippen LogP contribution >= 0.6 is 23.5 Å². The van der Waals surface area contributed by atoms with E-state index in [1.807, 2.05) is 28.8 Å². The maximum atomic E-state index is 4.10. The predicted molar refractivity (Wildman–Crippen MR) is 57.2 cm³/mol. The Bertz CT molecular complexity index is 399. The molecule has 0 saturated carbocycles. The third kappa shape index (κ3) is 1.81. The molecule has 0 unspecified atom stereocenters. The fourth-order valence-corrected chi connectivity index (χ4v) is 2.31. The van der Waals surface area contributed by atoms with Gasteiger partial charge in [-0.1, -0.05) is 17.8 Å². The summed E-state index contributed by atoms with van der Waals surface area (Å²) in [5.74, 6) is 0. The van der Waals surface area contributed by atoms with E-state index in [1.165, 1.54) is 0 Å². The van der Waals surface area contributed by atoms with Crippen molar-refractivity contribution >= 4 is 29.2 Å². The summed E-state index contributed by atoms with van der Waals surface area (Å²) < 4.78 is 2.00. The predicted octanol–water partition coefficient (Wildman–Crippen LogP) is 2.14. The summed E-state index contributed by atoms with van der Waals surface area (Å²) in [7, 11) is 0. The average Bonchev–Trinajstić information content (AvgIpc) is 2.58. The highest BCUT2D eigenvalue weighted by atomic mass is 32.2. The van der Waals surface area contributed by atoms with E-state index in [4.69, 9.17) is 0 Å². The van der Waals surface area contributed by atoms with Gasteiger partial charge in [-0.3, -0.25) is 4.40 Å². The van der Waals surface area contributed by atoms with Gasteiger partial charge in [0.05, 0.1) is 0 Å². The van der Waals surface area contributed by atoms with Crippen LogP contribution in [-0.2, 0) is 0 Å². The van der Waals surface area contributed by atoms with E-state index in [-0.39, 0.29) is 0 Å². The summed E-state index contributed by atoms with van der Waals surface area (Å²) in [5, 5.41) is 10.1. The standard InChI is InChI=1S/C8H9N3S2/c1-12-6-13-8-10-9-7-4-2-3-5-11(7)8/h2-5H,6H2,1H3. The molecule has 13 heavy (non-hydrogen) atoms. The molecule has 5 heteroatoms. The number of thioether (sulfide) groups is 2. The number of nitrogens with zero attached hydrogens (tertiary/aromatic N) is 3. The van der Waals surface area contributed by atoms with Gasteiger partial charge in [0.2, 0.25) is 0 Å². The number of hydrogen-bond acceptors (Lipinski definition) is 4. The van der Waals surface area contributed by atoms with E-state index in [9.17, 15) is 0 Å². The molecule has 0 radical (unpaired) electrons. The molecule has 0 spiro atoms. The lowest BCUT2D eigenvalue weighted by Crippen LogP contribution is -1.85. The average molecular weight is 211 g/mol. The van der Waals surface area contributed by atoms with Crippen molar-refractivity contribution in [1.82, 2.24) is 14.6 Å². The van der Waals surface area contributed by atoms with Crippen LogP contribution in [0.15, 0.2) is 29.6 Å². The lowest BCUT2D eigenvalue weighted by Gasteiger charge is -1.96. The van der Waals surface area contributed by atoms with Crippen LogP contribution in [0.1, 0.15) is 0 Å². The van der Waals surface area contributed by atoms with Gasteiger partial charge < -0.3 is 0 Å². The SMILES string of the molecule is CSCSc1nnc2ccccn12. The van der Waals surface area contributed by atoms with Crippen molar-refractivity contribution in [2.75, 3.05) is 11.3 Å². The molecule has 0 atom stereocenters. The Kier molecular flexibility index (Phi) is 2.75. The van der Waals surface area contributed by atoms with Crippen LogP contribution in [0.25, 0.3) is 5.65 Å². The van der Waals surface area contributed by atoms with Gasteiger partial charge in [0, 0.05) is 11.3 Å². The van der Waals surface area contributed by atoms with Crippen molar-refractivity contribution in [3.63, 3.8) is 0 Å². The second-order valence-corrected chi connectivity index (χ2v) is 4.64. The number of pyridine rings is 1. The highest BCUT2D eigenvalue weighted by molar-refractivity contribution is 8.15. The topological polar surface area (TPSA) is 30.2 Å². The van der Waals surface area contributed by atoms with Crippen LogP contribution in [0, 0.1) is 0 Å². The van der Waals surface area contributed by atoms with Crippen LogP contribution in [0.2, 0.25) is 0 Å². The van der Waals surface area contributed by atoms with Gasteiger partial charge in [-0.2, -0.15) is 11.8 Å². The Morgan fingerprint density at radius 2 is 2.31 bits per heavy atom. The first-order valence-electron chi connectivity index (χ1n) is 3.83.